The summed E-state index contributed by atoms with van der Waals surface area (Å²) in [7, 11) is 0. The minimum atomic E-state index is -0.220. The summed E-state index contributed by atoms with van der Waals surface area (Å²) < 4.78 is 6.88. The highest BCUT2D eigenvalue weighted by molar-refractivity contribution is 9.10. The number of benzene rings is 1. The molecule has 0 radical (unpaired) electrons. The zero-order valence-electron chi connectivity index (χ0n) is 15.9. The van der Waals surface area contributed by atoms with Crippen molar-refractivity contribution in [2.75, 3.05) is 36.0 Å². The number of anilines is 2. The maximum absolute atomic E-state index is 9.70. The van der Waals surface area contributed by atoms with Gasteiger partial charge in [-0.25, -0.2) is 9.97 Å². The van der Waals surface area contributed by atoms with Gasteiger partial charge in [-0.2, -0.15) is 4.98 Å². The SMILES string of the molecule is OC1CCN(c2ncc(Br)c(OC3CN(c4ccc5ccccc5n4)C3)n2)CC1. The maximum Gasteiger partial charge on any atom is 0.233 e. The molecule has 1 N–H and O–H groups in total. The number of aliphatic hydroxyl groups excluding tert-OH is 1. The van der Waals surface area contributed by atoms with Crippen molar-refractivity contribution < 1.29 is 9.84 Å². The molecule has 5 rings (SSSR count). The standard InChI is InChI=1S/C21H22BrN5O2/c22-17-11-23-21(26-9-7-15(28)8-10-26)25-20(17)29-16-12-27(13-16)19-6-5-14-3-1-2-4-18(14)24-19/h1-6,11,15-16,28H,7-10,12-13H2. The Labute approximate surface area is 177 Å². The Balaban J connectivity index is 1.24. The Hall–Kier alpha value is -2.45. The summed E-state index contributed by atoms with van der Waals surface area (Å²) in [6.07, 6.45) is 3.06. The maximum atomic E-state index is 9.70. The Morgan fingerprint density at radius 3 is 2.62 bits per heavy atom. The number of nitrogens with zero attached hydrogens (tertiary/aromatic N) is 5. The number of hydrogen-bond donors (Lipinski definition) is 1. The number of rotatable bonds is 4. The van der Waals surface area contributed by atoms with Crippen molar-refractivity contribution in [3.8, 4) is 5.88 Å². The predicted octanol–water partition coefficient (Wildman–Crippen LogP) is 3.02. The fourth-order valence-corrected chi connectivity index (χ4v) is 4.02. The van der Waals surface area contributed by atoms with E-state index in [0.29, 0.717) is 11.8 Å². The summed E-state index contributed by atoms with van der Waals surface area (Å²) >= 11 is 3.50. The zero-order valence-corrected chi connectivity index (χ0v) is 17.5. The van der Waals surface area contributed by atoms with E-state index in [1.165, 1.54) is 0 Å². The van der Waals surface area contributed by atoms with Crippen LogP contribution in [-0.2, 0) is 0 Å². The third-order valence-corrected chi connectivity index (χ3v) is 6.02. The summed E-state index contributed by atoms with van der Waals surface area (Å²) in [5.41, 5.74) is 1.00. The Morgan fingerprint density at radius 2 is 1.79 bits per heavy atom. The Morgan fingerprint density at radius 1 is 1.00 bits per heavy atom. The van der Waals surface area contributed by atoms with Crippen LogP contribution in [0.2, 0.25) is 0 Å². The van der Waals surface area contributed by atoms with E-state index < -0.39 is 0 Å². The summed E-state index contributed by atoms with van der Waals surface area (Å²) in [5.74, 6) is 2.19. The molecule has 0 amide bonds. The normalized spacial score (nSPS) is 18.1. The van der Waals surface area contributed by atoms with Gasteiger partial charge in [0.15, 0.2) is 0 Å². The number of aromatic nitrogens is 3. The number of halogens is 1. The molecule has 2 saturated heterocycles. The topological polar surface area (TPSA) is 74.6 Å². The molecule has 2 fully saturated rings. The van der Waals surface area contributed by atoms with Crippen LogP contribution in [0.1, 0.15) is 12.8 Å². The van der Waals surface area contributed by atoms with E-state index >= 15 is 0 Å². The smallest absolute Gasteiger partial charge is 0.233 e. The van der Waals surface area contributed by atoms with Gasteiger partial charge in [-0.15, -0.1) is 0 Å². The molecule has 7 nitrogen and oxygen atoms in total. The average Bonchev–Trinajstić information content (AvgIpc) is 2.72. The molecule has 4 heterocycles. The molecular weight excluding hydrogens is 434 g/mol. The third kappa shape index (κ3) is 3.86. The van der Waals surface area contributed by atoms with Crippen LogP contribution in [0, 0.1) is 0 Å². The summed E-state index contributed by atoms with van der Waals surface area (Å²) in [4.78, 5) is 18.1. The fourth-order valence-electron chi connectivity index (χ4n) is 3.73. The highest BCUT2D eigenvalue weighted by Crippen LogP contribution is 2.29. The molecule has 29 heavy (non-hydrogen) atoms. The van der Waals surface area contributed by atoms with Gasteiger partial charge in [0.1, 0.15) is 11.9 Å². The molecule has 0 saturated carbocycles. The summed E-state index contributed by atoms with van der Waals surface area (Å²) in [6, 6.07) is 12.3. The van der Waals surface area contributed by atoms with Crippen molar-refractivity contribution in [2.45, 2.75) is 25.0 Å². The number of piperidine rings is 1. The molecule has 150 valence electrons. The first-order valence-corrected chi connectivity index (χ1v) is 10.7. The average molecular weight is 456 g/mol. The Kier molecular flexibility index (Phi) is 4.97. The van der Waals surface area contributed by atoms with Crippen LogP contribution in [0.4, 0.5) is 11.8 Å². The molecule has 8 heteroatoms. The van der Waals surface area contributed by atoms with Gasteiger partial charge in [0.25, 0.3) is 0 Å². The molecule has 0 spiro atoms. The third-order valence-electron chi connectivity index (χ3n) is 5.48. The second-order valence-corrected chi connectivity index (χ2v) is 8.40. The van der Waals surface area contributed by atoms with Gasteiger partial charge in [0, 0.05) is 18.5 Å². The van der Waals surface area contributed by atoms with Gasteiger partial charge in [0.05, 0.1) is 35.4 Å². The van der Waals surface area contributed by atoms with E-state index in [2.05, 4.69) is 53.9 Å². The molecule has 2 aliphatic rings. The second-order valence-electron chi connectivity index (χ2n) is 7.55. The molecule has 2 aromatic heterocycles. The highest BCUT2D eigenvalue weighted by atomic mass is 79.9. The minimum absolute atomic E-state index is 0.0606. The lowest BCUT2D eigenvalue weighted by atomic mass is 10.1. The first-order chi connectivity index (χ1) is 14.2. The van der Waals surface area contributed by atoms with Crippen molar-refractivity contribution in [1.82, 2.24) is 15.0 Å². The quantitative estimate of drug-likeness (QED) is 0.647. The van der Waals surface area contributed by atoms with Gasteiger partial charge in [-0.3, -0.25) is 0 Å². The number of para-hydroxylation sites is 1. The van der Waals surface area contributed by atoms with Crippen molar-refractivity contribution in [3.05, 3.63) is 47.1 Å². The van der Waals surface area contributed by atoms with Crippen LogP contribution in [0.15, 0.2) is 47.1 Å². The van der Waals surface area contributed by atoms with Crippen LogP contribution in [-0.4, -0.2) is 58.4 Å². The van der Waals surface area contributed by atoms with Crippen molar-refractivity contribution in [3.63, 3.8) is 0 Å². The monoisotopic (exact) mass is 455 g/mol. The predicted molar refractivity (Wildman–Crippen MR) is 116 cm³/mol. The van der Waals surface area contributed by atoms with Gasteiger partial charge >= 0.3 is 0 Å². The van der Waals surface area contributed by atoms with Gasteiger partial charge in [-0.05, 0) is 47.0 Å². The van der Waals surface area contributed by atoms with Crippen molar-refractivity contribution in [2.24, 2.45) is 0 Å². The van der Waals surface area contributed by atoms with E-state index in [1.54, 1.807) is 6.20 Å². The molecule has 0 unspecified atom stereocenters. The van der Waals surface area contributed by atoms with Gasteiger partial charge in [0.2, 0.25) is 11.8 Å². The molecule has 0 atom stereocenters. The van der Waals surface area contributed by atoms with E-state index in [4.69, 9.17) is 9.72 Å². The number of ether oxygens (including phenoxy) is 1. The van der Waals surface area contributed by atoms with Crippen LogP contribution in [0.5, 0.6) is 5.88 Å². The highest BCUT2D eigenvalue weighted by Gasteiger charge is 2.31. The number of fused-ring (bicyclic) bond motifs is 1. The first kappa shape index (κ1) is 18.6. The largest absolute Gasteiger partial charge is 0.470 e. The van der Waals surface area contributed by atoms with Crippen LogP contribution >= 0.6 is 15.9 Å². The molecular formula is C21H22BrN5O2. The molecule has 1 aromatic carbocycles. The lowest BCUT2D eigenvalue weighted by Crippen LogP contribution is -2.54. The zero-order chi connectivity index (χ0) is 19.8. The van der Waals surface area contributed by atoms with Crippen molar-refractivity contribution >= 4 is 38.6 Å². The molecule has 2 aliphatic heterocycles. The summed E-state index contributed by atoms with van der Waals surface area (Å²) in [6.45, 7) is 3.06. The minimum Gasteiger partial charge on any atom is -0.470 e. The van der Waals surface area contributed by atoms with Crippen molar-refractivity contribution in [1.29, 1.82) is 0 Å². The van der Waals surface area contributed by atoms with Crippen LogP contribution < -0.4 is 14.5 Å². The van der Waals surface area contributed by atoms with E-state index in [-0.39, 0.29) is 12.2 Å². The van der Waals surface area contributed by atoms with Crippen LogP contribution in [0.25, 0.3) is 10.9 Å². The number of pyridine rings is 1. The lowest BCUT2D eigenvalue weighted by molar-refractivity contribution is 0.144. The van der Waals surface area contributed by atoms with E-state index in [9.17, 15) is 5.11 Å². The van der Waals surface area contributed by atoms with Crippen LogP contribution in [0.3, 0.4) is 0 Å². The fraction of sp³-hybridized carbons (Fsp3) is 0.381. The first-order valence-electron chi connectivity index (χ1n) is 9.89. The number of hydrogen-bond acceptors (Lipinski definition) is 7. The molecule has 3 aromatic rings. The molecule has 0 aliphatic carbocycles. The number of aliphatic hydroxyl groups is 1. The van der Waals surface area contributed by atoms with Gasteiger partial charge in [-0.1, -0.05) is 18.2 Å². The second kappa shape index (κ2) is 7.76. The Bertz CT molecular complexity index is 1020. The van der Waals surface area contributed by atoms with Gasteiger partial charge < -0.3 is 19.6 Å². The van der Waals surface area contributed by atoms with E-state index in [0.717, 1.165) is 60.2 Å². The van der Waals surface area contributed by atoms with E-state index in [1.807, 2.05) is 18.2 Å². The molecule has 0 bridgehead atoms. The lowest BCUT2D eigenvalue weighted by Gasteiger charge is -2.39. The summed E-state index contributed by atoms with van der Waals surface area (Å²) in [5, 5.41) is 10.8.